The SMILES string of the molecule is C=N/C=C(\NCCN(CCC)C(=O)C(c1ccccc1C)C(C)(C)NC)c1ccc(-c2ccc(-c3cnc(C4CCCN4C)[nH]3)cc2)cc1. The van der Waals surface area contributed by atoms with Gasteiger partial charge in [0, 0.05) is 31.4 Å². The van der Waals surface area contributed by atoms with Crippen molar-refractivity contribution in [3.05, 3.63) is 108 Å². The Morgan fingerprint density at radius 2 is 1.76 bits per heavy atom. The first-order valence-corrected chi connectivity index (χ1v) is 17.6. The Balaban J connectivity index is 1.24. The Morgan fingerprint density at radius 1 is 1.08 bits per heavy atom. The topological polar surface area (TPSA) is 88.7 Å². The normalized spacial score (nSPS) is 16.0. The quantitative estimate of drug-likeness (QED) is 0.116. The first-order valence-electron chi connectivity index (χ1n) is 17.6. The fourth-order valence-corrected chi connectivity index (χ4v) is 6.90. The zero-order valence-electron chi connectivity index (χ0n) is 30.1. The van der Waals surface area contributed by atoms with Gasteiger partial charge in [0.25, 0.3) is 0 Å². The third-order valence-electron chi connectivity index (χ3n) is 9.99. The molecule has 5 rings (SSSR count). The van der Waals surface area contributed by atoms with Gasteiger partial charge in [-0.15, -0.1) is 0 Å². The molecule has 3 aromatic carbocycles. The van der Waals surface area contributed by atoms with E-state index in [-0.39, 0.29) is 11.8 Å². The molecule has 1 fully saturated rings. The summed E-state index contributed by atoms with van der Waals surface area (Å²) < 4.78 is 0. The summed E-state index contributed by atoms with van der Waals surface area (Å²) in [5, 5.41) is 6.94. The summed E-state index contributed by atoms with van der Waals surface area (Å²) in [5.41, 5.74) is 8.10. The van der Waals surface area contributed by atoms with Crippen molar-refractivity contribution in [2.45, 2.75) is 64.5 Å². The lowest BCUT2D eigenvalue weighted by Gasteiger charge is -2.38. The van der Waals surface area contributed by atoms with Crippen LogP contribution in [0.1, 0.15) is 74.5 Å². The molecular weight excluding hydrogens is 606 g/mol. The minimum Gasteiger partial charge on any atom is -0.382 e. The first-order chi connectivity index (χ1) is 23.7. The maximum Gasteiger partial charge on any atom is 0.232 e. The van der Waals surface area contributed by atoms with Gasteiger partial charge in [0.15, 0.2) is 0 Å². The highest BCUT2D eigenvalue weighted by atomic mass is 16.2. The van der Waals surface area contributed by atoms with Crippen molar-refractivity contribution < 1.29 is 4.79 Å². The van der Waals surface area contributed by atoms with Crippen LogP contribution in [0.3, 0.4) is 0 Å². The number of carbonyl (C=O) groups excluding carboxylic acids is 1. The van der Waals surface area contributed by atoms with E-state index in [0.29, 0.717) is 25.7 Å². The number of rotatable bonds is 15. The molecule has 8 heteroatoms. The number of nitrogens with zero attached hydrogens (tertiary/aromatic N) is 4. The number of aromatic amines is 1. The number of imidazole rings is 1. The van der Waals surface area contributed by atoms with Crippen molar-refractivity contribution in [1.29, 1.82) is 0 Å². The van der Waals surface area contributed by atoms with Gasteiger partial charge in [0.1, 0.15) is 5.82 Å². The van der Waals surface area contributed by atoms with Crippen molar-refractivity contribution in [1.82, 2.24) is 30.4 Å². The smallest absolute Gasteiger partial charge is 0.232 e. The number of benzene rings is 3. The highest BCUT2D eigenvalue weighted by molar-refractivity contribution is 5.86. The van der Waals surface area contributed by atoms with Crippen molar-refractivity contribution in [2.75, 3.05) is 40.3 Å². The second kappa shape index (κ2) is 16.2. The van der Waals surface area contributed by atoms with Gasteiger partial charge < -0.3 is 20.5 Å². The van der Waals surface area contributed by atoms with E-state index in [1.807, 2.05) is 30.3 Å². The van der Waals surface area contributed by atoms with Crippen LogP contribution in [0.4, 0.5) is 0 Å². The van der Waals surface area contributed by atoms with Gasteiger partial charge in [-0.1, -0.05) is 79.7 Å². The van der Waals surface area contributed by atoms with Gasteiger partial charge >= 0.3 is 0 Å². The van der Waals surface area contributed by atoms with Crippen LogP contribution in [0.15, 0.2) is 90.2 Å². The lowest BCUT2D eigenvalue weighted by molar-refractivity contribution is -0.134. The molecule has 2 heterocycles. The lowest BCUT2D eigenvalue weighted by Crippen LogP contribution is -2.51. The van der Waals surface area contributed by atoms with E-state index in [2.05, 4.69) is 133 Å². The average Bonchev–Trinajstić information content (AvgIpc) is 3.77. The van der Waals surface area contributed by atoms with E-state index in [0.717, 1.165) is 70.0 Å². The molecule has 0 spiro atoms. The molecule has 1 aliphatic rings. The van der Waals surface area contributed by atoms with Gasteiger partial charge in [0.05, 0.1) is 29.5 Å². The Kier molecular flexibility index (Phi) is 11.9. The number of hydrogen-bond acceptors (Lipinski definition) is 6. The molecule has 1 amide bonds. The Labute approximate surface area is 292 Å². The summed E-state index contributed by atoms with van der Waals surface area (Å²) in [5.74, 6) is 0.872. The Bertz CT molecular complexity index is 1720. The molecule has 1 aliphatic heterocycles. The number of aliphatic imine (C=N–C) groups is 1. The van der Waals surface area contributed by atoms with Crippen LogP contribution >= 0.6 is 0 Å². The van der Waals surface area contributed by atoms with Crippen molar-refractivity contribution in [3.63, 3.8) is 0 Å². The van der Waals surface area contributed by atoms with Gasteiger partial charge in [-0.25, -0.2) is 4.98 Å². The number of likely N-dealkylation sites (N-methyl/N-ethyl adjacent to an activating group) is 1. The first kappa shape index (κ1) is 35.8. The molecule has 258 valence electrons. The zero-order chi connectivity index (χ0) is 35.0. The van der Waals surface area contributed by atoms with Crippen LogP contribution in [0.2, 0.25) is 0 Å². The number of H-pyrrole nitrogens is 1. The number of aromatic nitrogens is 2. The molecule has 0 radical (unpaired) electrons. The molecule has 3 N–H and O–H groups in total. The van der Waals surface area contributed by atoms with E-state index in [1.165, 1.54) is 6.42 Å². The molecule has 2 atom stereocenters. The number of likely N-dealkylation sites (tertiary alicyclic amines) is 1. The highest BCUT2D eigenvalue weighted by Crippen LogP contribution is 2.33. The standard InChI is InChI=1S/C41H53N7O/c1-8-24-48(40(49)38(41(3,4)43-6)34-13-10-9-12-29(34)2)26-23-44-35(27-42-5)32-19-15-30(16-20-32)31-17-21-33(22-18-31)36-28-45-39(46-36)37-14-11-25-47(37)7/h9-10,12-13,15-22,27-28,37-38,43-44H,5,8,11,14,23-26H2,1-4,6-7H3,(H,45,46)/b35-27-. The molecule has 8 nitrogen and oxygen atoms in total. The molecule has 2 unspecified atom stereocenters. The molecular formula is C41H53N7O. The van der Waals surface area contributed by atoms with Gasteiger partial charge in [0.2, 0.25) is 5.91 Å². The summed E-state index contributed by atoms with van der Waals surface area (Å²) in [6.07, 6.45) is 6.94. The minimum absolute atomic E-state index is 0.134. The monoisotopic (exact) mass is 659 g/mol. The fraction of sp³-hybridized carbons (Fsp3) is 0.390. The van der Waals surface area contributed by atoms with E-state index in [1.54, 1.807) is 6.20 Å². The summed E-state index contributed by atoms with van der Waals surface area (Å²) in [6, 6.07) is 25.7. The third-order valence-corrected chi connectivity index (χ3v) is 9.99. The third kappa shape index (κ3) is 8.38. The largest absolute Gasteiger partial charge is 0.382 e. The summed E-state index contributed by atoms with van der Waals surface area (Å²) in [4.78, 5) is 30.9. The van der Waals surface area contributed by atoms with Crippen molar-refractivity contribution in [3.8, 4) is 22.4 Å². The van der Waals surface area contributed by atoms with Gasteiger partial charge in [-0.2, -0.15) is 0 Å². The minimum atomic E-state index is -0.419. The number of aryl methyl sites for hydroxylation is 1. The maximum atomic E-state index is 14.2. The highest BCUT2D eigenvalue weighted by Gasteiger charge is 2.38. The Morgan fingerprint density at radius 3 is 2.37 bits per heavy atom. The molecule has 0 bridgehead atoms. The van der Waals surface area contributed by atoms with Crippen LogP contribution in [0.5, 0.6) is 0 Å². The Hall–Kier alpha value is -4.53. The number of amides is 1. The maximum absolute atomic E-state index is 14.2. The van der Waals surface area contributed by atoms with Crippen molar-refractivity contribution in [2.24, 2.45) is 4.99 Å². The van der Waals surface area contributed by atoms with Crippen LogP contribution in [-0.4, -0.2) is 78.2 Å². The second-order valence-corrected chi connectivity index (χ2v) is 13.7. The van der Waals surface area contributed by atoms with E-state index < -0.39 is 5.54 Å². The van der Waals surface area contributed by atoms with Gasteiger partial charge in [-0.3, -0.25) is 14.7 Å². The fourth-order valence-electron chi connectivity index (χ4n) is 6.90. The number of carbonyl (C=O) groups is 1. The van der Waals surface area contributed by atoms with Crippen LogP contribution in [0, 0.1) is 6.92 Å². The zero-order valence-corrected chi connectivity index (χ0v) is 30.1. The van der Waals surface area contributed by atoms with E-state index in [4.69, 9.17) is 0 Å². The van der Waals surface area contributed by atoms with Crippen LogP contribution in [0.25, 0.3) is 28.1 Å². The van der Waals surface area contributed by atoms with Crippen molar-refractivity contribution >= 4 is 18.3 Å². The van der Waals surface area contributed by atoms with E-state index >= 15 is 0 Å². The number of nitrogens with one attached hydrogen (secondary N) is 3. The van der Waals surface area contributed by atoms with E-state index in [9.17, 15) is 4.79 Å². The van der Waals surface area contributed by atoms with Gasteiger partial charge in [-0.05, 0) is 101 Å². The molecule has 4 aromatic rings. The predicted octanol–water partition coefficient (Wildman–Crippen LogP) is 7.43. The predicted molar refractivity (Wildman–Crippen MR) is 204 cm³/mol. The molecule has 49 heavy (non-hydrogen) atoms. The summed E-state index contributed by atoms with van der Waals surface area (Å²) in [7, 11) is 4.09. The molecule has 1 saturated heterocycles. The van der Waals surface area contributed by atoms with Crippen LogP contribution in [-0.2, 0) is 4.79 Å². The average molecular weight is 660 g/mol. The molecule has 1 aromatic heterocycles. The molecule has 0 aliphatic carbocycles. The summed E-state index contributed by atoms with van der Waals surface area (Å²) >= 11 is 0. The summed E-state index contributed by atoms with van der Waals surface area (Å²) in [6.45, 7) is 15.1. The second-order valence-electron chi connectivity index (χ2n) is 13.7. The lowest BCUT2D eigenvalue weighted by atomic mass is 9.79. The molecule has 0 saturated carbocycles. The van der Waals surface area contributed by atoms with Crippen LogP contribution < -0.4 is 10.6 Å². The number of hydrogen-bond donors (Lipinski definition) is 3.